The Balaban J connectivity index is 2.47. The molecule has 0 saturated heterocycles. The standard InChI is InChI=1S/C11H21NO2/c1-3-12-10(11(13)14)9-6-4-8(2)5-7-9/h8-10,12H,3-7H2,1-2H3,(H,13,14). The lowest BCUT2D eigenvalue weighted by molar-refractivity contribution is -0.141. The first-order valence-electron chi connectivity index (χ1n) is 5.61. The molecular weight excluding hydrogens is 178 g/mol. The summed E-state index contributed by atoms with van der Waals surface area (Å²) in [5.41, 5.74) is 0. The molecule has 1 unspecified atom stereocenters. The molecule has 0 spiro atoms. The van der Waals surface area contributed by atoms with Gasteiger partial charge in [0.05, 0.1) is 0 Å². The molecule has 1 atom stereocenters. The number of aliphatic carboxylic acids is 1. The lowest BCUT2D eigenvalue weighted by Gasteiger charge is -2.30. The monoisotopic (exact) mass is 199 g/mol. The minimum absolute atomic E-state index is 0.326. The summed E-state index contributed by atoms with van der Waals surface area (Å²) in [5.74, 6) is 0.428. The highest BCUT2D eigenvalue weighted by molar-refractivity contribution is 5.73. The Kier molecular flexibility index (Phi) is 4.39. The van der Waals surface area contributed by atoms with Gasteiger partial charge in [-0.2, -0.15) is 0 Å². The molecule has 1 rings (SSSR count). The van der Waals surface area contributed by atoms with Gasteiger partial charge in [0.1, 0.15) is 6.04 Å². The number of rotatable bonds is 4. The summed E-state index contributed by atoms with van der Waals surface area (Å²) in [6.45, 7) is 4.95. The van der Waals surface area contributed by atoms with Crippen molar-refractivity contribution in [2.75, 3.05) is 6.54 Å². The van der Waals surface area contributed by atoms with E-state index in [0.717, 1.165) is 25.3 Å². The van der Waals surface area contributed by atoms with Crippen LogP contribution in [0.4, 0.5) is 0 Å². The van der Waals surface area contributed by atoms with Crippen molar-refractivity contribution in [3.63, 3.8) is 0 Å². The molecule has 0 amide bonds. The Morgan fingerprint density at radius 2 is 2.00 bits per heavy atom. The van der Waals surface area contributed by atoms with E-state index in [-0.39, 0.29) is 6.04 Å². The average molecular weight is 199 g/mol. The van der Waals surface area contributed by atoms with Crippen LogP contribution in [0.3, 0.4) is 0 Å². The number of carboxylic acid groups (broad SMARTS) is 1. The van der Waals surface area contributed by atoms with Gasteiger partial charge in [-0.1, -0.05) is 26.7 Å². The zero-order chi connectivity index (χ0) is 10.6. The zero-order valence-electron chi connectivity index (χ0n) is 9.12. The SMILES string of the molecule is CCNC(C(=O)O)C1CCC(C)CC1. The smallest absolute Gasteiger partial charge is 0.320 e. The van der Waals surface area contributed by atoms with Gasteiger partial charge in [-0.3, -0.25) is 4.79 Å². The molecule has 0 radical (unpaired) electrons. The number of likely N-dealkylation sites (N-methyl/N-ethyl adjacent to an activating group) is 1. The van der Waals surface area contributed by atoms with Crippen molar-refractivity contribution in [3.8, 4) is 0 Å². The Morgan fingerprint density at radius 1 is 1.43 bits per heavy atom. The van der Waals surface area contributed by atoms with Crippen molar-refractivity contribution in [1.82, 2.24) is 5.32 Å². The summed E-state index contributed by atoms with van der Waals surface area (Å²) in [6, 6.07) is -0.326. The van der Waals surface area contributed by atoms with Gasteiger partial charge in [-0.15, -0.1) is 0 Å². The van der Waals surface area contributed by atoms with Gasteiger partial charge in [-0.05, 0) is 31.2 Å². The average Bonchev–Trinajstić information content (AvgIpc) is 2.15. The lowest BCUT2D eigenvalue weighted by Crippen LogP contribution is -2.43. The van der Waals surface area contributed by atoms with Gasteiger partial charge < -0.3 is 10.4 Å². The van der Waals surface area contributed by atoms with Crippen LogP contribution in [0, 0.1) is 11.8 Å². The van der Waals surface area contributed by atoms with Crippen molar-refractivity contribution in [3.05, 3.63) is 0 Å². The minimum atomic E-state index is -0.689. The molecule has 3 nitrogen and oxygen atoms in total. The van der Waals surface area contributed by atoms with Gasteiger partial charge in [0.25, 0.3) is 0 Å². The Bertz CT molecular complexity index is 186. The molecular formula is C11H21NO2. The maximum atomic E-state index is 11.0. The van der Waals surface area contributed by atoms with Crippen LogP contribution in [0.2, 0.25) is 0 Å². The van der Waals surface area contributed by atoms with Gasteiger partial charge >= 0.3 is 5.97 Å². The minimum Gasteiger partial charge on any atom is -0.480 e. The van der Waals surface area contributed by atoms with Crippen molar-refractivity contribution in [1.29, 1.82) is 0 Å². The molecule has 14 heavy (non-hydrogen) atoms. The largest absolute Gasteiger partial charge is 0.480 e. The van der Waals surface area contributed by atoms with Crippen LogP contribution >= 0.6 is 0 Å². The van der Waals surface area contributed by atoms with Crippen LogP contribution in [-0.2, 0) is 4.79 Å². The first-order valence-corrected chi connectivity index (χ1v) is 5.61. The first kappa shape index (κ1) is 11.5. The van der Waals surface area contributed by atoms with Crippen molar-refractivity contribution in [2.45, 2.75) is 45.6 Å². The van der Waals surface area contributed by atoms with Gasteiger partial charge in [0, 0.05) is 0 Å². The molecule has 1 fully saturated rings. The molecule has 0 aromatic heterocycles. The topological polar surface area (TPSA) is 49.3 Å². The Morgan fingerprint density at radius 3 is 2.43 bits per heavy atom. The number of carbonyl (C=O) groups is 1. The molecule has 0 heterocycles. The van der Waals surface area contributed by atoms with Crippen molar-refractivity contribution >= 4 is 5.97 Å². The van der Waals surface area contributed by atoms with E-state index in [1.807, 2.05) is 6.92 Å². The highest BCUT2D eigenvalue weighted by atomic mass is 16.4. The van der Waals surface area contributed by atoms with E-state index in [0.29, 0.717) is 5.92 Å². The fourth-order valence-electron chi connectivity index (χ4n) is 2.29. The quantitative estimate of drug-likeness (QED) is 0.726. The zero-order valence-corrected chi connectivity index (χ0v) is 9.12. The van der Waals surface area contributed by atoms with Crippen LogP contribution in [0.1, 0.15) is 39.5 Å². The summed E-state index contributed by atoms with van der Waals surface area (Å²) in [5, 5.41) is 12.1. The van der Waals surface area contributed by atoms with Crippen LogP contribution in [0.25, 0.3) is 0 Å². The Hall–Kier alpha value is -0.570. The molecule has 1 aliphatic rings. The van der Waals surface area contributed by atoms with E-state index in [9.17, 15) is 4.79 Å². The van der Waals surface area contributed by atoms with Crippen LogP contribution in [0.5, 0.6) is 0 Å². The molecule has 2 N–H and O–H groups in total. The maximum absolute atomic E-state index is 11.0. The van der Waals surface area contributed by atoms with Crippen LogP contribution < -0.4 is 5.32 Å². The molecule has 0 bridgehead atoms. The van der Waals surface area contributed by atoms with Gasteiger partial charge in [0.2, 0.25) is 0 Å². The second kappa shape index (κ2) is 5.35. The van der Waals surface area contributed by atoms with E-state index in [1.54, 1.807) is 0 Å². The van der Waals surface area contributed by atoms with E-state index in [1.165, 1.54) is 12.8 Å². The molecule has 3 heteroatoms. The van der Waals surface area contributed by atoms with E-state index < -0.39 is 5.97 Å². The summed E-state index contributed by atoms with van der Waals surface area (Å²) >= 11 is 0. The maximum Gasteiger partial charge on any atom is 0.320 e. The van der Waals surface area contributed by atoms with Crippen molar-refractivity contribution < 1.29 is 9.90 Å². The number of hydrogen-bond donors (Lipinski definition) is 2. The molecule has 82 valence electrons. The van der Waals surface area contributed by atoms with Crippen LogP contribution in [-0.4, -0.2) is 23.7 Å². The number of carboxylic acids is 1. The second-order valence-corrected chi connectivity index (χ2v) is 4.39. The third-order valence-corrected chi connectivity index (χ3v) is 3.22. The van der Waals surface area contributed by atoms with Crippen molar-refractivity contribution in [2.24, 2.45) is 11.8 Å². The van der Waals surface area contributed by atoms with E-state index >= 15 is 0 Å². The second-order valence-electron chi connectivity index (χ2n) is 4.39. The third kappa shape index (κ3) is 2.98. The van der Waals surface area contributed by atoms with E-state index in [2.05, 4.69) is 12.2 Å². The Labute approximate surface area is 85.9 Å². The normalized spacial score (nSPS) is 29.9. The summed E-state index contributed by atoms with van der Waals surface area (Å²) in [4.78, 5) is 11.0. The predicted molar refractivity (Wildman–Crippen MR) is 56.2 cm³/mol. The molecule has 1 aliphatic carbocycles. The third-order valence-electron chi connectivity index (χ3n) is 3.22. The number of hydrogen-bond acceptors (Lipinski definition) is 2. The molecule has 0 aromatic rings. The molecule has 0 aliphatic heterocycles. The van der Waals surface area contributed by atoms with E-state index in [4.69, 9.17) is 5.11 Å². The fraction of sp³-hybridized carbons (Fsp3) is 0.909. The molecule has 1 saturated carbocycles. The highest BCUT2D eigenvalue weighted by Crippen LogP contribution is 2.30. The first-order chi connectivity index (χ1) is 6.65. The number of nitrogens with one attached hydrogen (secondary N) is 1. The lowest BCUT2D eigenvalue weighted by atomic mass is 9.79. The predicted octanol–water partition coefficient (Wildman–Crippen LogP) is 1.88. The summed E-state index contributed by atoms with van der Waals surface area (Å²) in [6.07, 6.45) is 4.48. The highest BCUT2D eigenvalue weighted by Gasteiger charge is 2.29. The fourth-order valence-corrected chi connectivity index (χ4v) is 2.29. The molecule has 0 aromatic carbocycles. The summed E-state index contributed by atoms with van der Waals surface area (Å²) in [7, 11) is 0. The van der Waals surface area contributed by atoms with Gasteiger partial charge in [-0.25, -0.2) is 0 Å². The van der Waals surface area contributed by atoms with Crippen LogP contribution in [0.15, 0.2) is 0 Å². The summed E-state index contributed by atoms with van der Waals surface area (Å²) < 4.78 is 0. The van der Waals surface area contributed by atoms with Gasteiger partial charge in [0.15, 0.2) is 0 Å².